The lowest BCUT2D eigenvalue weighted by Crippen LogP contribution is -2.35. The first-order chi connectivity index (χ1) is 22.7. The number of carboxylic acids is 1. The van der Waals surface area contributed by atoms with Crippen molar-refractivity contribution in [2.24, 2.45) is 0 Å². The smallest absolute Gasteiger partial charge is 0.410 e. The Morgan fingerprint density at radius 3 is 2.00 bits per heavy atom. The summed E-state index contributed by atoms with van der Waals surface area (Å²) >= 11 is 0. The average molecular weight is 658 g/mol. The fourth-order valence-electron chi connectivity index (χ4n) is 4.70. The fourth-order valence-corrected chi connectivity index (χ4v) is 4.70. The Hall–Kier alpha value is -4.35. The molecule has 0 saturated heterocycles. The summed E-state index contributed by atoms with van der Waals surface area (Å²) in [5.74, 6) is -0.182. The number of ether oxygens (including phenoxy) is 3. The molecule has 0 aromatic heterocycles. The van der Waals surface area contributed by atoms with Gasteiger partial charge in [0.2, 0.25) is 5.91 Å². The predicted molar refractivity (Wildman–Crippen MR) is 179 cm³/mol. The van der Waals surface area contributed by atoms with Crippen LogP contribution >= 0.6 is 0 Å². The molecule has 2 aromatic rings. The number of nitrogens with one attached hydrogen (secondary N) is 1. The Morgan fingerprint density at radius 1 is 0.809 bits per heavy atom. The molecule has 2 amide bonds. The summed E-state index contributed by atoms with van der Waals surface area (Å²) in [6.45, 7) is 5.47. The third kappa shape index (κ3) is 16.7. The molecule has 2 N–H and O–H groups in total. The molecule has 0 aliphatic heterocycles. The molecule has 260 valence electrons. The van der Waals surface area contributed by atoms with Crippen molar-refractivity contribution in [1.82, 2.24) is 10.2 Å². The molecule has 0 atom stereocenters. The van der Waals surface area contributed by atoms with Crippen molar-refractivity contribution in [1.29, 1.82) is 0 Å². The molecular formula is C35H51N3O9. The van der Waals surface area contributed by atoms with Crippen molar-refractivity contribution >= 4 is 23.7 Å². The first-order valence-electron chi connectivity index (χ1n) is 16.8. The molecule has 2 rings (SSSR count). The van der Waals surface area contributed by atoms with Crippen molar-refractivity contribution in [2.45, 2.75) is 104 Å². The molecular weight excluding hydrogens is 606 g/mol. The highest BCUT2D eigenvalue weighted by atomic mass is 16.6. The molecule has 0 fully saturated rings. The minimum atomic E-state index is -1.02. The van der Waals surface area contributed by atoms with Gasteiger partial charge in [-0.25, -0.2) is 4.79 Å². The highest BCUT2D eigenvalue weighted by Gasteiger charge is 2.19. The van der Waals surface area contributed by atoms with E-state index in [1.54, 1.807) is 0 Å². The summed E-state index contributed by atoms with van der Waals surface area (Å²) in [5, 5.41) is 22.3. The maximum Gasteiger partial charge on any atom is 0.410 e. The topological polar surface area (TPSA) is 158 Å². The number of hydrogen-bond donors (Lipinski definition) is 2. The third-order valence-corrected chi connectivity index (χ3v) is 7.43. The molecule has 0 spiro atoms. The van der Waals surface area contributed by atoms with E-state index >= 15 is 0 Å². The second-order valence-electron chi connectivity index (χ2n) is 11.4. The average Bonchev–Trinajstić information content (AvgIpc) is 3.05. The lowest BCUT2D eigenvalue weighted by atomic mass is 10.1. The number of carbonyl (C=O) groups is 3. The van der Waals surface area contributed by atoms with Gasteiger partial charge in [-0.15, -0.1) is 0 Å². The minimum absolute atomic E-state index is 0.0155. The van der Waals surface area contributed by atoms with Crippen molar-refractivity contribution < 1.29 is 38.6 Å². The summed E-state index contributed by atoms with van der Waals surface area (Å²) in [5.41, 5.74) is 1.25. The van der Waals surface area contributed by atoms with Crippen LogP contribution in [0.4, 0.5) is 10.5 Å². The van der Waals surface area contributed by atoms with Gasteiger partial charge in [0.05, 0.1) is 24.6 Å². The van der Waals surface area contributed by atoms with E-state index in [1.165, 1.54) is 54.8 Å². The standard InChI is InChI=1S/C35H51N3O9/c1-3-5-7-9-11-23-45-31-18-15-29(25-32(31)46-24-12-10-8-6-4-2)26-37(22-20-33(39)36-21-19-34(40)41)35(42)47-27-28-13-16-30(17-14-28)38(43)44/h13-18,25H,3-12,19-24,26-27H2,1-2H3,(H,36,39)(H,40,41). The summed E-state index contributed by atoms with van der Waals surface area (Å²) in [7, 11) is 0. The highest BCUT2D eigenvalue weighted by Crippen LogP contribution is 2.30. The van der Waals surface area contributed by atoms with E-state index in [1.807, 2.05) is 18.2 Å². The summed E-state index contributed by atoms with van der Waals surface area (Å²) in [4.78, 5) is 48.3. The third-order valence-electron chi connectivity index (χ3n) is 7.43. The van der Waals surface area contributed by atoms with Crippen LogP contribution < -0.4 is 14.8 Å². The predicted octanol–water partition coefficient (Wildman–Crippen LogP) is 7.41. The van der Waals surface area contributed by atoms with Crippen LogP contribution in [0, 0.1) is 10.1 Å². The van der Waals surface area contributed by atoms with Crippen LogP contribution in [-0.4, -0.2) is 59.2 Å². The van der Waals surface area contributed by atoms with Crippen molar-refractivity contribution in [3.8, 4) is 11.5 Å². The zero-order chi connectivity index (χ0) is 34.3. The molecule has 0 radical (unpaired) electrons. The van der Waals surface area contributed by atoms with Gasteiger partial charge in [-0.2, -0.15) is 0 Å². The molecule has 0 bridgehead atoms. The number of unbranched alkanes of at least 4 members (excludes halogenated alkanes) is 8. The number of non-ortho nitro benzene ring substituents is 1. The number of carboxylic acid groups (broad SMARTS) is 1. The van der Waals surface area contributed by atoms with Crippen molar-refractivity contribution in [2.75, 3.05) is 26.3 Å². The van der Waals surface area contributed by atoms with Crippen LogP contribution in [0.3, 0.4) is 0 Å². The van der Waals surface area contributed by atoms with Gasteiger partial charge in [0.25, 0.3) is 5.69 Å². The molecule has 0 aliphatic carbocycles. The van der Waals surface area contributed by atoms with E-state index in [0.29, 0.717) is 30.3 Å². The lowest BCUT2D eigenvalue weighted by molar-refractivity contribution is -0.384. The molecule has 12 heteroatoms. The van der Waals surface area contributed by atoms with E-state index in [4.69, 9.17) is 19.3 Å². The highest BCUT2D eigenvalue weighted by molar-refractivity contribution is 5.77. The van der Waals surface area contributed by atoms with E-state index in [-0.39, 0.29) is 44.8 Å². The zero-order valence-electron chi connectivity index (χ0n) is 27.9. The first kappa shape index (κ1) is 38.8. The van der Waals surface area contributed by atoms with Crippen LogP contribution in [0.15, 0.2) is 42.5 Å². The summed E-state index contributed by atoms with van der Waals surface area (Å²) in [6.07, 6.45) is 10.2. The van der Waals surface area contributed by atoms with E-state index in [9.17, 15) is 24.5 Å². The number of carbonyl (C=O) groups excluding carboxylic acids is 2. The maximum absolute atomic E-state index is 13.2. The monoisotopic (exact) mass is 657 g/mol. The number of hydrogen-bond acceptors (Lipinski definition) is 8. The molecule has 0 saturated carbocycles. The normalized spacial score (nSPS) is 10.7. The number of nitrogens with zero attached hydrogens (tertiary/aromatic N) is 2. The van der Waals surface area contributed by atoms with Crippen LogP contribution in [0.1, 0.15) is 102 Å². The fraction of sp³-hybridized carbons (Fsp3) is 0.571. The number of benzene rings is 2. The Balaban J connectivity index is 2.15. The molecule has 0 heterocycles. The largest absolute Gasteiger partial charge is 0.490 e. The number of nitro benzene ring substituents is 1. The quantitative estimate of drug-likeness (QED) is 0.0630. The van der Waals surface area contributed by atoms with Gasteiger partial charge < -0.3 is 29.5 Å². The maximum atomic E-state index is 13.2. The van der Waals surface area contributed by atoms with Crippen molar-refractivity contribution in [3.05, 3.63) is 63.7 Å². The molecule has 47 heavy (non-hydrogen) atoms. The second-order valence-corrected chi connectivity index (χ2v) is 11.4. The lowest BCUT2D eigenvalue weighted by Gasteiger charge is -2.23. The summed E-state index contributed by atoms with van der Waals surface area (Å²) < 4.78 is 17.8. The Kier molecular flexibility index (Phi) is 19.0. The van der Waals surface area contributed by atoms with Gasteiger partial charge in [0, 0.05) is 38.2 Å². The van der Waals surface area contributed by atoms with E-state index in [0.717, 1.165) is 44.1 Å². The van der Waals surface area contributed by atoms with E-state index < -0.39 is 22.9 Å². The Labute approximate surface area is 277 Å². The molecule has 0 aliphatic rings. The van der Waals surface area contributed by atoms with Gasteiger partial charge in [-0.1, -0.05) is 71.3 Å². The van der Waals surface area contributed by atoms with Gasteiger partial charge in [0.1, 0.15) is 6.61 Å². The second kappa shape index (κ2) is 23.0. The molecule has 12 nitrogen and oxygen atoms in total. The Bertz CT molecular complexity index is 1240. The SMILES string of the molecule is CCCCCCCOc1ccc(CN(CCC(=O)NCCC(=O)O)C(=O)OCc2ccc([N+](=O)[O-])cc2)cc1OCCCCCCC. The minimum Gasteiger partial charge on any atom is -0.490 e. The summed E-state index contributed by atoms with van der Waals surface area (Å²) in [6, 6.07) is 11.2. The van der Waals surface area contributed by atoms with Crippen LogP contribution in [0.5, 0.6) is 11.5 Å². The number of nitro groups is 1. The van der Waals surface area contributed by atoms with Crippen molar-refractivity contribution in [3.63, 3.8) is 0 Å². The number of aliphatic carboxylic acids is 1. The van der Waals surface area contributed by atoms with E-state index in [2.05, 4.69) is 19.2 Å². The van der Waals surface area contributed by atoms with Gasteiger partial charge in [-0.05, 0) is 48.2 Å². The van der Waals surface area contributed by atoms with Gasteiger partial charge >= 0.3 is 12.1 Å². The zero-order valence-corrected chi connectivity index (χ0v) is 27.9. The van der Waals surface area contributed by atoms with Crippen LogP contribution in [0.2, 0.25) is 0 Å². The Morgan fingerprint density at radius 2 is 1.40 bits per heavy atom. The first-order valence-corrected chi connectivity index (χ1v) is 16.8. The van der Waals surface area contributed by atoms with Gasteiger partial charge in [0.15, 0.2) is 11.5 Å². The van der Waals surface area contributed by atoms with Gasteiger partial charge in [-0.3, -0.25) is 19.7 Å². The number of amides is 2. The van der Waals surface area contributed by atoms with Crippen LogP contribution in [0.25, 0.3) is 0 Å². The molecule has 2 aromatic carbocycles. The van der Waals surface area contributed by atoms with Crippen LogP contribution in [-0.2, 0) is 27.5 Å². The molecule has 0 unspecified atom stereocenters. The number of rotatable bonds is 25.